The molecule has 2 N–H and O–H groups in total. The number of amides is 3. The third kappa shape index (κ3) is 7.04. The maximum Gasteiger partial charge on any atom is 0.321 e. The molecule has 0 spiro atoms. The van der Waals surface area contributed by atoms with Crippen molar-refractivity contribution in [1.82, 2.24) is 10.6 Å². The lowest BCUT2D eigenvalue weighted by Gasteiger charge is -2.22. The summed E-state index contributed by atoms with van der Waals surface area (Å²) in [5.74, 6) is -1.52. The molecule has 2 rings (SSSR count). The van der Waals surface area contributed by atoms with Crippen LogP contribution in [0.1, 0.15) is 55.3 Å². The second-order valence-corrected chi connectivity index (χ2v) is 6.31. The molecule has 0 aromatic heterocycles. The van der Waals surface area contributed by atoms with Gasteiger partial charge in [-0.3, -0.25) is 19.7 Å². The van der Waals surface area contributed by atoms with E-state index in [1.54, 1.807) is 30.3 Å². The topological polar surface area (TPSA) is 102 Å². The number of nitrogens with one attached hydrogen (secondary N) is 2. The third-order valence-electron chi connectivity index (χ3n) is 4.21. The number of esters is 1. The number of benzene rings is 1. The van der Waals surface area contributed by atoms with Crippen LogP contribution in [0.4, 0.5) is 4.79 Å². The molecule has 1 aliphatic carbocycles. The summed E-state index contributed by atoms with van der Waals surface area (Å²) >= 11 is 0. The maximum atomic E-state index is 11.9. The summed E-state index contributed by atoms with van der Waals surface area (Å²) in [5, 5.41) is 4.88. The molecule has 26 heavy (non-hydrogen) atoms. The Balaban J connectivity index is 1.61. The Morgan fingerprint density at radius 2 is 1.65 bits per heavy atom. The molecule has 0 unspecified atom stereocenters. The lowest BCUT2D eigenvalue weighted by Crippen LogP contribution is -2.46. The van der Waals surface area contributed by atoms with Crippen molar-refractivity contribution in [3.05, 3.63) is 35.9 Å². The monoisotopic (exact) mass is 360 g/mol. The number of ether oxygens (including phenoxy) is 1. The van der Waals surface area contributed by atoms with Crippen LogP contribution in [0.2, 0.25) is 0 Å². The van der Waals surface area contributed by atoms with Gasteiger partial charge in [0.05, 0.1) is 6.42 Å². The van der Waals surface area contributed by atoms with Crippen LogP contribution in [0.3, 0.4) is 0 Å². The third-order valence-corrected chi connectivity index (χ3v) is 4.21. The van der Waals surface area contributed by atoms with Crippen LogP contribution in [-0.2, 0) is 14.3 Å². The molecule has 0 saturated heterocycles. The summed E-state index contributed by atoms with van der Waals surface area (Å²) in [6.07, 6.45) is 5.01. The van der Waals surface area contributed by atoms with Crippen molar-refractivity contribution >= 4 is 23.7 Å². The molecule has 7 nitrogen and oxygen atoms in total. The highest BCUT2D eigenvalue weighted by Crippen LogP contribution is 2.17. The molecule has 0 aliphatic heterocycles. The Bertz CT molecular complexity index is 639. The molecule has 1 fully saturated rings. The van der Waals surface area contributed by atoms with Crippen LogP contribution in [0, 0.1) is 0 Å². The number of hydrogen-bond acceptors (Lipinski definition) is 5. The lowest BCUT2D eigenvalue weighted by molar-refractivity contribution is -0.148. The summed E-state index contributed by atoms with van der Waals surface area (Å²) in [6, 6.07) is 8.15. The van der Waals surface area contributed by atoms with E-state index in [2.05, 4.69) is 10.6 Å². The van der Waals surface area contributed by atoms with Crippen molar-refractivity contribution in [2.75, 3.05) is 6.61 Å². The zero-order chi connectivity index (χ0) is 18.8. The van der Waals surface area contributed by atoms with Gasteiger partial charge in [-0.2, -0.15) is 0 Å². The number of urea groups is 1. The van der Waals surface area contributed by atoms with Gasteiger partial charge in [0.1, 0.15) is 0 Å². The molecule has 140 valence electrons. The van der Waals surface area contributed by atoms with Crippen LogP contribution < -0.4 is 10.6 Å². The first-order valence-corrected chi connectivity index (χ1v) is 8.89. The number of rotatable bonds is 7. The first-order chi connectivity index (χ1) is 12.5. The van der Waals surface area contributed by atoms with Gasteiger partial charge < -0.3 is 10.1 Å². The standard InChI is InChI=1S/C19H24N2O5/c22-16(14-7-3-1-4-8-14)11-12-18(24)26-13-17(23)21-19(25)20-15-9-5-2-6-10-15/h1,3-4,7-8,15H,2,5-6,9-13H2,(H2,20,21,23,25). The van der Waals surface area contributed by atoms with E-state index in [1.807, 2.05) is 0 Å². The molecular weight excluding hydrogens is 336 g/mol. The first kappa shape index (κ1) is 19.6. The van der Waals surface area contributed by atoms with Gasteiger partial charge in [0, 0.05) is 18.0 Å². The molecule has 1 saturated carbocycles. The Labute approximate surface area is 152 Å². The summed E-state index contributed by atoms with van der Waals surface area (Å²) < 4.78 is 4.80. The number of carbonyl (C=O) groups excluding carboxylic acids is 4. The van der Waals surface area contributed by atoms with Gasteiger partial charge in [-0.1, -0.05) is 49.6 Å². The normalized spacial score (nSPS) is 14.3. The predicted molar refractivity (Wildman–Crippen MR) is 94.5 cm³/mol. The fraction of sp³-hybridized carbons (Fsp3) is 0.474. The summed E-state index contributed by atoms with van der Waals surface area (Å²) in [4.78, 5) is 46.9. The number of carbonyl (C=O) groups is 4. The Morgan fingerprint density at radius 1 is 0.962 bits per heavy atom. The second-order valence-electron chi connectivity index (χ2n) is 6.31. The van der Waals surface area contributed by atoms with Crippen LogP contribution >= 0.6 is 0 Å². The van der Waals surface area contributed by atoms with Crippen molar-refractivity contribution < 1.29 is 23.9 Å². The van der Waals surface area contributed by atoms with Crippen molar-refractivity contribution in [2.24, 2.45) is 0 Å². The van der Waals surface area contributed by atoms with Crippen LogP contribution in [0.15, 0.2) is 30.3 Å². The van der Waals surface area contributed by atoms with Gasteiger partial charge in [-0.15, -0.1) is 0 Å². The zero-order valence-corrected chi connectivity index (χ0v) is 14.7. The summed E-state index contributed by atoms with van der Waals surface area (Å²) in [7, 11) is 0. The molecule has 0 radical (unpaired) electrons. The molecule has 7 heteroatoms. The van der Waals surface area contributed by atoms with Crippen molar-refractivity contribution in [3.8, 4) is 0 Å². The van der Waals surface area contributed by atoms with Crippen LogP contribution in [-0.4, -0.2) is 36.3 Å². The quantitative estimate of drug-likeness (QED) is 0.574. The minimum Gasteiger partial charge on any atom is -0.456 e. The molecular formula is C19H24N2O5. The van der Waals surface area contributed by atoms with Crippen molar-refractivity contribution in [2.45, 2.75) is 51.0 Å². The Hall–Kier alpha value is -2.70. The largest absolute Gasteiger partial charge is 0.456 e. The fourth-order valence-corrected chi connectivity index (χ4v) is 2.83. The molecule has 1 aromatic carbocycles. The van der Waals surface area contributed by atoms with Crippen LogP contribution in [0.5, 0.6) is 0 Å². The second kappa shape index (κ2) is 10.3. The smallest absolute Gasteiger partial charge is 0.321 e. The average Bonchev–Trinajstić information content (AvgIpc) is 2.65. The lowest BCUT2D eigenvalue weighted by atomic mass is 9.96. The summed E-state index contributed by atoms with van der Waals surface area (Å²) in [6.45, 7) is -0.545. The summed E-state index contributed by atoms with van der Waals surface area (Å²) in [5.41, 5.74) is 0.525. The molecule has 1 aliphatic rings. The molecule has 1 aromatic rings. The van der Waals surface area contributed by atoms with Gasteiger partial charge in [0.15, 0.2) is 12.4 Å². The Kier molecular flexibility index (Phi) is 7.79. The number of ketones is 1. The highest BCUT2D eigenvalue weighted by molar-refractivity contribution is 5.98. The van der Waals surface area contributed by atoms with E-state index < -0.39 is 24.5 Å². The average molecular weight is 360 g/mol. The van der Waals surface area contributed by atoms with Gasteiger partial charge >= 0.3 is 12.0 Å². The molecule has 0 atom stereocenters. The first-order valence-electron chi connectivity index (χ1n) is 8.89. The minimum absolute atomic E-state index is 0.00658. The maximum absolute atomic E-state index is 11.9. The zero-order valence-electron chi connectivity index (χ0n) is 14.7. The molecule has 0 bridgehead atoms. The van der Waals surface area contributed by atoms with Gasteiger partial charge in [0.25, 0.3) is 5.91 Å². The Morgan fingerprint density at radius 3 is 2.35 bits per heavy atom. The van der Waals surface area contributed by atoms with Gasteiger partial charge in [-0.05, 0) is 12.8 Å². The SMILES string of the molecule is O=C(COC(=O)CCC(=O)c1ccccc1)NC(=O)NC1CCCCC1. The van der Waals surface area contributed by atoms with Gasteiger partial charge in [-0.25, -0.2) is 4.79 Å². The van der Waals surface area contributed by atoms with E-state index in [-0.39, 0.29) is 24.7 Å². The number of Topliss-reactive ketones (excluding diaryl/α,β-unsaturated/α-hetero) is 1. The van der Waals surface area contributed by atoms with Crippen molar-refractivity contribution in [1.29, 1.82) is 0 Å². The van der Waals surface area contributed by atoms with Gasteiger partial charge in [0.2, 0.25) is 0 Å². The van der Waals surface area contributed by atoms with E-state index in [1.165, 1.54) is 6.42 Å². The fourth-order valence-electron chi connectivity index (χ4n) is 2.83. The highest BCUT2D eigenvalue weighted by Gasteiger charge is 2.17. The van der Waals surface area contributed by atoms with E-state index in [0.29, 0.717) is 5.56 Å². The minimum atomic E-state index is -0.693. The van der Waals surface area contributed by atoms with Crippen LogP contribution in [0.25, 0.3) is 0 Å². The molecule has 0 heterocycles. The van der Waals surface area contributed by atoms with E-state index in [0.717, 1.165) is 25.7 Å². The van der Waals surface area contributed by atoms with E-state index in [9.17, 15) is 19.2 Å². The molecule has 3 amide bonds. The van der Waals surface area contributed by atoms with E-state index in [4.69, 9.17) is 4.74 Å². The van der Waals surface area contributed by atoms with E-state index >= 15 is 0 Å². The van der Waals surface area contributed by atoms with Crippen molar-refractivity contribution in [3.63, 3.8) is 0 Å². The number of hydrogen-bond donors (Lipinski definition) is 2. The predicted octanol–water partition coefficient (Wildman–Crippen LogP) is 2.35. The number of imide groups is 1. The highest BCUT2D eigenvalue weighted by atomic mass is 16.5.